The molecule has 0 aromatic carbocycles. The Morgan fingerprint density at radius 1 is 1.00 bits per heavy atom. The van der Waals surface area contributed by atoms with E-state index in [1.54, 1.807) is 0 Å². The Bertz CT molecular complexity index is 320. The van der Waals surface area contributed by atoms with Crippen molar-refractivity contribution in [3.63, 3.8) is 0 Å². The molecule has 3 fully saturated rings. The molecule has 0 aromatic rings. The summed E-state index contributed by atoms with van der Waals surface area (Å²) < 4.78 is 0. The van der Waals surface area contributed by atoms with Crippen LogP contribution in [-0.4, -0.2) is 11.6 Å². The summed E-state index contributed by atoms with van der Waals surface area (Å²) >= 11 is 0. The molecule has 0 aliphatic heterocycles. The highest BCUT2D eigenvalue weighted by Gasteiger charge is 2.56. The summed E-state index contributed by atoms with van der Waals surface area (Å²) in [5.74, 6) is 1.73. The number of carbonyl (C=O) groups excluding carboxylic acids is 2. The average molecular weight is 206 g/mol. The molecular weight excluding hydrogens is 188 g/mol. The lowest BCUT2D eigenvalue weighted by molar-refractivity contribution is -0.137. The fourth-order valence-corrected chi connectivity index (χ4v) is 4.32. The molecule has 15 heavy (non-hydrogen) atoms. The Morgan fingerprint density at radius 3 is 2.60 bits per heavy atom. The second kappa shape index (κ2) is 3.16. The Labute approximate surface area is 90.4 Å². The van der Waals surface area contributed by atoms with E-state index in [-0.39, 0.29) is 23.4 Å². The van der Waals surface area contributed by atoms with E-state index in [0.29, 0.717) is 17.8 Å². The maximum Gasteiger partial charge on any atom is 0.202 e. The van der Waals surface area contributed by atoms with Gasteiger partial charge in [-0.3, -0.25) is 9.59 Å². The summed E-state index contributed by atoms with van der Waals surface area (Å²) in [6.07, 6.45) is 5.79. The molecule has 2 heteroatoms. The molecule has 5 unspecified atom stereocenters. The summed E-state index contributed by atoms with van der Waals surface area (Å²) in [5, 5.41) is 0. The van der Waals surface area contributed by atoms with E-state index in [1.165, 1.54) is 12.8 Å². The zero-order valence-corrected chi connectivity index (χ0v) is 9.24. The number of hydrogen-bond acceptors (Lipinski definition) is 2. The lowest BCUT2D eigenvalue weighted by atomic mass is 9.62. The van der Waals surface area contributed by atoms with Crippen LogP contribution in [0.3, 0.4) is 0 Å². The van der Waals surface area contributed by atoms with Crippen molar-refractivity contribution in [3.05, 3.63) is 0 Å². The van der Waals surface area contributed by atoms with E-state index in [9.17, 15) is 9.59 Å². The zero-order valence-electron chi connectivity index (χ0n) is 9.24. The number of carbonyl (C=O) groups is 2. The molecule has 3 aliphatic carbocycles. The highest BCUT2D eigenvalue weighted by atomic mass is 16.2. The largest absolute Gasteiger partial charge is 0.291 e. The first-order valence-electron chi connectivity index (χ1n) is 6.28. The van der Waals surface area contributed by atoms with Crippen LogP contribution >= 0.6 is 0 Å². The van der Waals surface area contributed by atoms with Gasteiger partial charge in [0.15, 0.2) is 0 Å². The van der Waals surface area contributed by atoms with Crippen molar-refractivity contribution in [2.45, 2.75) is 39.0 Å². The third kappa shape index (κ3) is 1.17. The number of hydrogen-bond donors (Lipinski definition) is 0. The third-order valence-electron chi connectivity index (χ3n) is 5.00. The second-order valence-corrected chi connectivity index (χ2v) is 5.68. The van der Waals surface area contributed by atoms with Gasteiger partial charge in [-0.15, -0.1) is 0 Å². The number of ketones is 2. The minimum Gasteiger partial charge on any atom is -0.291 e. The minimum atomic E-state index is -0.0246. The predicted octanol–water partition coefficient (Wildman–Crippen LogP) is 2.22. The molecule has 2 nitrogen and oxygen atoms in total. The molecule has 3 aliphatic rings. The van der Waals surface area contributed by atoms with Gasteiger partial charge in [0.1, 0.15) is 0 Å². The molecule has 82 valence electrons. The summed E-state index contributed by atoms with van der Waals surface area (Å²) in [4.78, 5) is 23.8. The lowest BCUT2D eigenvalue weighted by Crippen LogP contribution is -2.37. The van der Waals surface area contributed by atoms with Gasteiger partial charge in [-0.1, -0.05) is 19.8 Å². The third-order valence-corrected chi connectivity index (χ3v) is 5.00. The molecule has 0 bridgehead atoms. The standard InChI is InChI=1S/C13H18O2/c1-7-5-6-8-3-2-4-9-11(8)10(7)13(15)12(9)14/h7-11H,2-6H2,1H3. The Hall–Kier alpha value is -0.660. The molecule has 5 atom stereocenters. The monoisotopic (exact) mass is 206 g/mol. The number of Topliss-reactive ketones (excluding diaryl/α,β-unsaturated/α-hetero) is 2. The molecule has 0 radical (unpaired) electrons. The topological polar surface area (TPSA) is 34.1 Å². The Balaban J connectivity index is 2.00. The normalized spacial score (nSPS) is 49.3. The van der Waals surface area contributed by atoms with Crippen molar-refractivity contribution in [2.24, 2.45) is 29.6 Å². The molecular formula is C13H18O2. The maximum atomic E-state index is 11.9. The summed E-state index contributed by atoms with van der Waals surface area (Å²) in [7, 11) is 0. The summed E-state index contributed by atoms with van der Waals surface area (Å²) in [6.45, 7) is 2.16. The Kier molecular flexibility index (Phi) is 2.02. The van der Waals surface area contributed by atoms with Crippen LogP contribution < -0.4 is 0 Å². The SMILES string of the molecule is CC1CCC2CCCC3C(=O)C(=O)C1C23. The maximum absolute atomic E-state index is 11.9. The molecule has 3 rings (SSSR count). The highest BCUT2D eigenvalue weighted by molar-refractivity contribution is 6.41. The van der Waals surface area contributed by atoms with Crippen LogP contribution in [0.15, 0.2) is 0 Å². The average Bonchev–Trinajstić information content (AvgIpc) is 2.50. The van der Waals surface area contributed by atoms with Crippen LogP contribution in [0.4, 0.5) is 0 Å². The van der Waals surface area contributed by atoms with Gasteiger partial charge in [-0.25, -0.2) is 0 Å². The van der Waals surface area contributed by atoms with E-state index in [2.05, 4.69) is 6.92 Å². The smallest absolute Gasteiger partial charge is 0.202 e. The molecule has 0 saturated heterocycles. The van der Waals surface area contributed by atoms with E-state index in [1.807, 2.05) is 0 Å². The van der Waals surface area contributed by atoms with E-state index in [4.69, 9.17) is 0 Å². The van der Waals surface area contributed by atoms with Gasteiger partial charge in [0.2, 0.25) is 11.6 Å². The molecule has 0 amide bonds. The van der Waals surface area contributed by atoms with Gasteiger partial charge in [-0.2, -0.15) is 0 Å². The summed E-state index contributed by atoms with van der Waals surface area (Å²) in [5.41, 5.74) is 0. The molecule has 0 spiro atoms. The van der Waals surface area contributed by atoms with Gasteiger partial charge in [-0.05, 0) is 37.0 Å². The lowest BCUT2D eigenvalue weighted by Gasteiger charge is -2.41. The van der Waals surface area contributed by atoms with Crippen molar-refractivity contribution in [1.29, 1.82) is 0 Å². The van der Waals surface area contributed by atoms with Gasteiger partial charge in [0, 0.05) is 11.8 Å². The fraction of sp³-hybridized carbons (Fsp3) is 0.846. The van der Waals surface area contributed by atoms with Gasteiger partial charge < -0.3 is 0 Å². The van der Waals surface area contributed by atoms with Gasteiger partial charge in [0.05, 0.1) is 0 Å². The molecule has 0 aromatic heterocycles. The van der Waals surface area contributed by atoms with Crippen LogP contribution in [0.1, 0.15) is 39.0 Å². The number of rotatable bonds is 0. The van der Waals surface area contributed by atoms with Crippen molar-refractivity contribution >= 4 is 11.6 Å². The van der Waals surface area contributed by atoms with Gasteiger partial charge in [0.25, 0.3) is 0 Å². The first-order valence-corrected chi connectivity index (χ1v) is 6.28. The Morgan fingerprint density at radius 2 is 1.80 bits per heavy atom. The first kappa shape index (κ1) is 9.56. The van der Waals surface area contributed by atoms with Crippen LogP contribution in [0.5, 0.6) is 0 Å². The van der Waals surface area contributed by atoms with E-state index >= 15 is 0 Å². The van der Waals surface area contributed by atoms with Crippen molar-refractivity contribution in [3.8, 4) is 0 Å². The van der Waals surface area contributed by atoms with Crippen molar-refractivity contribution in [1.82, 2.24) is 0 Å². The summed E-state index contributed by atoms with van der Waals surface area (Å²) in [6, 6.07) is 0. The molecule has 0 N–H and O–H groups in total. The predicted molar refractivity (Wildman–Crippen MR) is 56.2 cm³/mol. The van der Waals surface area contributed by atoms with Crippen LogP contribution in [0, 0.1) is 29.6 Å². The van der Waals surface area contributed by atoms with E-state index < -0.39 is 0 Å². The second-order valence-electron chi connectivity index (χ2n) is 5.68. The van der Waals surface area contributed by atoms with Crippen LogP contribution in [-0.2, 0) is 9.59 Å². The van der Waals surface area contributed by atoms with Crippen LogP contribution in [0.25, 0.3) is 0 Å². The minimum absolute atomic E-state index is 0.0240. The van der Waals surface area contributed by atoms with E-state index in [0.717, 1.165) is 19.3 Å². The van der Waals surface area contributed by atoms with Crippen LogP contribution in [0.2, 0.25) is 0 Å². The zero-order chi connectivity index (χ0) is 10.6. The fourth-order valence-electron chi connectivity index (χ4n) is 4.32. The molecule has 0 heterocycles. The highest BCUT2D eigenvalue weighted by Crippen LogP contribution is 2.53. The van der Waals surface area contributed by atoms with Crippen molar-refractivity contribution < 1.29 is 9.59 Å². The first-order chi connectivity index (χ1) is 7.20. The quantitative estimate of drug-likeness (QED) is 0.569. The van der Waals surface area contributed by atoms with Crippen molar-refractivity contribution in [2.75, 3.05) is 0 Å². The van der Waals surface area contributed by atoms with Gasteiger partial charge >= 0.3 is 0 Å². The molecule has 3 saturated carbocycles.